The van der Waals surface area contributed by atoms with Crippen LogP contribution in [-0.2, 0) is 12.8 Å². The molecule has 1 aromatic heterocycles. The maximum atomic E-state index is 11.4. The zero-order chi connectivity index (χ0) is 12.2. The minimum Gasteiger partial charge on any atom is -0.316 e. The molecule has 0 fully saturated rings. The molecular weight excluding hydrogens is 216 g/mol. The van der Waals surface area contributed by atoms with E-state index in [2.05, 4.69) is 16.9 Å². The second kappa shape index (κ2) is 3.32. The van der Waals surface area contributed by atoms with Crippen LogP contribution in [0.25, 0.3) is 11.0 Å². The first kappa shape index (κ1) is 10.3. The fourth-order valence-corrected chi connectivity index (χ4v) is 2.82. The van der Waals surface area contributed by atoms with Crippen molar-refractivity contribution in [3.05, 3.63) is 43.0 Å². The largest absolute Gasteiger partial charge is 0.316 e. The van der Waals surface area contributed by atoms with Crippen LogP contribution in [0, 0.1) is 13.8 Å². The molecule has 4 nitrogen and oxygen atoms in total. The average molecular weight is 230 g/mol. The van der Waals surface area contributed by atoms with Crippen LogP contribution in [0.1, 0.15) is 28.7 Å². The van der Waals surface area contributed by atoms with Gasteiger partial charge in [0.1, 0.15) is 0 Å². The molecule has 2 N–H and O–H groups in total. The zero-order valence-electron chi connectivity index (χ0n) is 9.94. The number of nitrogens with one attached hydrogen (secondary N) is 2. The van der Waals surface area contributed by atoms with Gasteiger partial charge in [-0.25, -0.2) is 0 Å². The molecule has 0 aliphatic heterocycles. The van der Waals surface area contributed by atoms with E-state index >= 15 is 0 Å². The minimum atomic E-state index is -0.571. The number of aromatic nitrogens is 2. The molecule has 88 valence electrons. The summed E-state index contributed by atoms with van der Waals surface area (Å²) in [5, 5.41) is 0. The van der Waals surface area contributed by atoms with Gasteiger partial charge in [-0.15, -0.1) is 0 Å². The van der Waals surface area contributed by atoms with Crippen LogP contribution in [0.2, 0.25) is 0 Å². The quantitative estimate of drug-likeness (QED) is 0.670. The van der Waals surface area contributed by atoms with Gasteiger partial charge < -0.3 is 9.97 Å². The summed E-state index contributed by atoms with van der Waals surface area (Å²) < 4.78 is 0. The number of H-pyrrole nitrogens is 2. The lowest BCUT2D eigenvalue weighted by Crippen LogP contribution is -2.29. The lowest BCUT2D eigenvalue weighted by Gasteiger charge is -2.12. The highest BCUT2D eigenvalue weighted by Crippen LogP contribution is 2.32. The molecule has 0 unspecified atom stereocenters. The summed E-state index contributed by atoms with van der Waals surface area (Å²) in [6.07, 6.45) is 3.17. The highest BCUT2D eigenvalue weighted by Gasteiger charge is 2.20. The van der Waals surface area contributed by atoms with Crippen molar-refractivity contribution in [3.8, 4) is 0 Å². The monoisotopic (exact) mass is 230 g/mol. The van der Waals surface area contributed by atoms with Crippen molar-refractivity contribution in [2.75, 3.05) is 0 Å². The summed E-state index contributed by atoms with van der Waals surface area (Å²) in [4.78, 5) is 28.3. The highest BCUT2D eigenvalue weighted by atomic mass is 16.2. The molecule has 1 aliphatic rings. The molecular formula is C13H14N2O2. The first-order chi connectivity index (χ1) is 8.09. The van der Waals surface area contributed by atoms with Crippen molar-refractivity contribution >= 4 is 11.0 Å². The van der Waals surface area contributed by atoms with E-state index in [9.17, 15) is 9.59 Å². The maximum absolute atomic E-state index is 11.4. The van der Waals surface area contributed by atoms with E-state index in [4.69, 9.17) is 0 Å². The number of rotatable bonds is 0. The molecule has 2 aromatic rings. The zero-order valence-corrected chi connectivity index (χ0v) is 9.94. The first-order valence-corrected chi connectivity index (χ1v) is 5.87. The minimum absolute atomic E-state index is 0.560. The highest BCUT2D eigenvalue weighted by molar-refractivity contribution is 5.84. The van der Waals surface area contributed by atoms with E-state index in [0.717, 1.165) is 35.9 Å². The third-order valence-electron chi connectivity index (χ3n) is 3.84. The van der Waals surface area contributed by atoms with Gasteiger partial charge in [0.25, 0.3) is 0 Å². The topological polar surface area (TPSA) is 65.7 Å². The molecule has 1 heterocycles. The van der Waals surface area contributed by atoms with Crippen LogP contribution in [0.3, 0.4) is 0 Å². The summed E-state index contributed by atoms with van der Waals surface area (Å²) >= 11 is 0. The maximum Gasteiger partial charge on any atom is 0.314 e. The van der Waals surface area contributed by atoms with Crippen LogP contribution in [0.4, 0.5) is 0 Å². The number of hydrogen-bond acceptors (Lipinski definition) is 2. The summed E-state index contributed by atoms with van der Waals surface area (Å²) in [6.45, 7) is 4.08. The lowest BCUT2D eigenvalue weighted by molar-refractivity contribution is 0.909. The van der Waals surface area contributed by atoms with Crippen molar-refractivity contribution in [1.29, 1.82) is 0 Å². The van der Waals surface area contributed by atoms with Gasteiger partial charge in [0, 0.05) is 0 Å². The normalized spacial score (nSPS) is 14.2. The van der Waals surface area contributed by atoms with Crippen molar-refractivity contribution in [2.24, 2.45) is 0 Å². The van der Waals surface area contributed by atoms with Crippen LogP contribution >= 0.6 is 0 Å². The Bertz CT molecular complexity index is 738. The summed E-state index contributed by atoms with van der Waals surface area (Å²) in [5.74, 6) is 0. The second-order valence-corrected chi connectivity index (χ2v) is 4.72. The summed E-state index contributed by atoms with van der Waals surface area (Å²) in [5.41, 5.74) is 5.33. The van der Waals surface area contributed by atoms with Crippen molar-refractivity contribution in [2.45, 2.75) is 33.1 Å². The van der Waals surface area contributed by atoms with Crippen LogP contribution in [0.5, 0.6) is 0 Å². The van der Waals surface area contributed by atoms with Gasteiger partial charge >= 0.3 is 11.1 Å². The molecule has 17 heavy (non-hydrogen) atoms. The number of aromatic amines is 2. The fraction of sp³-hybridized carbons (Fsp3) is 0.385. The molecule has 1 aliphatic carbocycles. The second-order valence-electron chi connectivity index (χ2n) is 4.72. The van der Waals surface area contributed by atoms with E-state index in [1.54, 1.807) is 0 Å². The Morgan fingerprint density at radius 3 is 2.12 bits per heavy atom. The SMILES string of the molecule is Cc1c2c(c3[nH]c(=O)c(=O)[nH]c3c1C)CCC2. The third-order valence-corrected chi connectivity index (χ3v) is 3.84. The summed E-state index contributed by atoms with van der Waals surface area (Å²) in [6, 6.07) is 0. The van der Waals surface area contributed by atoms with Gasteiger partial charge in [-0.3, -0.25) is 9.59 Å². The number of benzene rings is 1. The molecule has 1 aromatic carbocycles. The third kappa shape index (κ3) is 1.30. The molecule has 0 radical (unpaired) electrons. The van der Waals surface area contributed by atoms with E-state index in [0.29, 0.717) is 0 Å². The molecule has 0 atom stereocenters. The van der Waals surface area contributed by atoms with Crippen molar-refractivity contribution in [3.63, 3.8) is 0 Å². The Kier molecular flexibility index (Phi) is 2.02. The average Bonchev–Trinajstić information content (AvgIpc) is 2.78. The van der Waals surface area contributed by atoms with Gasteiger partial charge in [0.15, 0.2) is 0 Å². The van der Waals surface area contributed by atoms with Crippen LogP contribution in [-0.4, -0.2) is 9.97 Å². The number of fused-ring (bicyclic) bond motifs is 3. The molecule has 0 amide bonds. The molecule has 0 saturated heterocycles. The van der Waals surface area contributed by atoms with Gasteiger partial charge in [-0.1, -0.05) is 0 Å². The van der Waals surface area contributed by atoms with Gasteiger partial charge in [0.05, 0.1) is 11.0 Å². The fourth-order valence-electron chi connectivity index (χ4n) is 2.82. The van der Waals surface area contributed by atoms with Crippen molar-refractivity contribution in [1.82, 2.24) is 9.97 Å². The Morgan fingerprint density at radius 2 is 1.41 bits per heavy atom. The van der Waals surface area contributed by atoms with E-state index in [-0.39, 0.29) is 0 Å². The molecule has 0 saturated carbocycles. The predicted molar refractivity (Wildman–Crippen MR) is 66.7 cm³/mol. The van der Waals surface area contributed by atoms with Crippen LogP contribution < -0.4 is 11.1 Å². The van der Waals surface area contributed by atoms with Gasteiger partial charge in [-0.2, -0.15) is 0 Å². The van der Waals surface area contributed by atoms with E-state index < -0.39 is 11.1 Å². The Balaban J connectivity index is 2.59. The smallest absolute Gasteiger partial charge is 0.314 e. The van der Waals surface area contributed by atoms with Crippen molar-refractivity contribution < 1.29 is 0 Å². The Morgan fingerprint density at radius 1 is 0.824 bits per heavy atom. The molecule has 4 heteroatoms. The predicted octanol–water partition coefficient (Wildman–Crippen LogP) is 1.32. The first-order valence-electron chi connectivity index (χ1n) is 5.87. The molecule has 0 spiro atoms. The Hall–Kier alpha value is -1.84. The number of aryl methyl sites for hydroxylation is 2. The standard InChI is InChI=1S/C13H14N2O2/c1-6-7(2)10-11(9-5-3-4-8(6)9)15-13(17)12(16)14-10/h3-5H2,1-2H3,(H,14,16)(H,15,17). The molecule has 3 rings (SSSR count). The van der Waals surface area contributed by atoms with Crippen LogP contribution in [0.15, 0.2) is 9.59 Å². The lowest BCUT2D eigenvalue weighted by atomic mass is 9.97. The molecule has 0 bridgehead atoms. The van der Waals surface area contributed by atoms with Gasteiger partial charge in [-0.05, 0) is 55.4 Å². The number of hydrogen-bond donors (Lipinski definition) is 2. The summed E-state index contributed by atoms with van der Waals surface area (Å²) in [7, 11) is 0. The van der Waals surface area contributed by atoms with Gasteiger partial charge in [0.2, 0.25) is 0 Å². The van der Waals surface area contributed by atoms with E-state index in [1.807, 2.05) is 6.92 Å². The van der Waals surface area contributed by atoms with E-state index in [1.165, 1.54) is 16.7 Å². The Labute approximate surface area is 97.7 Å².